The molecule has 1 aliphatic rings. The quantitative estimate of drug-likeness (QED) is 0.818. The van der Waals surface area contributed by atoms with Crippen molar-refractivity contribution in [3.05, 3.63) is 47.0 Å². The molecule has 1 fully saturated rings. The van der Waals surface area contributed by atoms with Crippen LogP contribution in [0.1, 0.15) is 40.3 Å². The second-order valence-electron chi connectivity index (χ2n) is 6.50. The molecule has 1 aliphatic heterocycles. The molecule has 0 radical (unpaired) electrons. The van der Waals surface area contributed by atoms with Gasteiger partial charge >= 0.3 is 12.2 Å². The van der Waals surface area contributed by atoms with E-state index in [0.29, 0.717) is 13.1 Å². The zero-order valence-corrected chi connectivity index (χ0v) is 15.0. The van der Waals surface area contributed by atoms with Crippen molar-refractivity contribution in [1.82, 2.24) is 19.9 Å². The highest BCUT2D eigenvalue weighted by Crippen LogP contribution is 2.27. The monoisotopic (exact) mass is 380 g/mol. The van der Waals surface area contributed by atoms with Gasteiger partial charge in [0.25, 0.3) is 5.91 Å². The molecule has 1 amide bonds. The van der Waals surface area contributed by atoms with Crippen molar-refractivity contribution >= 4 is 5.91 Å². The number of hydrogen-bond acceptors (Lipinski definition) is 5. The minimum atomic E-state index is -4.53. The molecule has 2 aromatic rings. The Balaban J connectivity index is 1.67. The Labute approximate surface area is 154 Å². The Kier molecular flexibility index (Phi) is 5.29. The molecule has 2 aromatic heterocycles. The summed E-state index contributed by atoms with van der Waals surface area (Å²) in [6.45, 7) is 4.51. The van der Waals surface area contributed by atoms with Gasteiger partial charge in [0.2, 0.25) is 0 Å². The fourth-order valence-corrected chi connectivity index (χ4v) is 2.98. The zero-order valence-electron chi connectivity index (χ0n) is 15.0. The molecule has 1 unspecified atom stereocenters. The van der Waals surface area contributed by atoms with Gasteiger partial charge in [-0.1, -0.05) is 0 Å². The van der Waals surface area contributed by atoms with Gasteiger partial charge in [0.05, 0.1) is 12.1 Å². The van der Waals surface area contributed by atoms with E-state index in [-0.39, 0.29) is 23.6 Å². The molecule has 1 saturated heterocycles. The predicted molar refractivity (Wildman–Crippen MR) is 90.3 cm³/mol. The Hall–Kier alpha value is -2.71. The van der Waals surface area contributed by atoms with Gasteiger partial charge < -0.3 is 9.64 Å². The largest absolute Gasteiger partial charge is 0.458 e. The van der Waals surface area contributed by atoms with Crippen molar-refractivity contribution in [1.29, 1.82) is 0 Å². The maximum atomic E-state index is 12.6. The van der Waals surface area contributed by atoms with Crippen molar-refractivity contribution in [2.24, 2.45) is 0 Å². The summed E-state index contributed by atoms with van der Waals surface area (Å²) in [7, 11) is 0. The number of halogens is 3. The first-order chi connectivity index (χ1) is 12.7. The number of hydrogen-bond donors (Lipinski definition) is 0. The first kappa shape index (κ1) is 19.1. The molecule has 27 heavy (non-hydrogen) atoms. The fraction of sp³-hybridized carbons (Fsp3) is 0.444. The Bertz CT molecular complexity index is 804. The van der Waals surface area contributed by atoms with Gasteiger partial charge in [0, 0.05) is 24.1 Å². The van der Waals surface area contributed by atoms with E-state index in [1.165, 1.54) is 0 Å². The van der Waals surface area contributed by atoms with Crippen LogP contribution in [0.4, 0.5) is 13.2 Å². The Morgan fingerprint density at radius 3 is 2.52 bits per heavy atom. The number of likely N-dealkylation sites (tertiary alicyclic amines) is 1. The number of alkyl halides is 3. The van der Waals surface area contributed by atoms with Crippen LogP contribution in [0.15, 0.2) is 24.4 Å². The standard InChI is InChI=1S/C18H19F3N4O2/c1-11-8-12(2)24-17(23-11)27-14-4-3-7-25(10-14)16(26)13-5-6-15(22-9-13)18(19,20)21/h5-6,8-9,14H,3-4,7,10H2,1-2H3. The molecule has 0 aromatic carbocycles. The van der Waals surface area contributed by atoms with Gasteiger partial charge in [-0.2, -0.15) is 13.2 Å². The number of aryl methyl sites for hydroxylation is 2. The average Bonchev–Trinajstić information content (AvgIpc) is 2.60. The second-order valence-corrected chi connectivity index (χ2v) is 6.50. The van der Waals surface area contributed by atoms with Crippen LogP contribution < -0.4 is 4.74 Å². The van der Waals surface area contributed by atoms with E-state index in [2.05, 4.69) is 15.0 Å². The summed E-state index contributed by atoms with van der Waals surface area (Å²) in [6.07, 6.45) is -2.38. The summed E-state index contributed by atoms with van der Waals surface area (Å²) in [5.41, 5.74) is 0.673. The topological polar surface area (TPSA) is 68.2 Å². The molecule has 0 aliphatic carbocycles. The van der Waals surface area contributed by atoms with Gasteiger partial charge in [0.1, 0.15) is 11.8 Å². The van der Waals surface area contributed by atoms with Gasteiger partial charge in [-0.15, -0.1) is 0 Å². The Morgan fingerprint density at radius 1 is 1.22 bits per heavy atom. The first-order valence-corrected chi connectivity index (χ1v) is 8.54. The lowest BCUT2D eigenvalue weighted by atomic mass is 10.1. The van der Waals surface area contributed by atoms with Gasteiger partial charge in [-0.3, -0.25) is 9.78 Å². The summed E-state index contributed by atoms with van der Waals surface area (Å²) in [5.74, 6) is -0.370. The molecule has 3 rings (SSSR count). The van der Waals surface area contributed by atoms with Crippen molar-refractivity contribution in [2.45, 2.75) is 39.0 Å². The highest BCUT2D eigenvalue weighted by atomic mass is 19.4. The fourth-order valence-electron chi connectivity index (χ4n) is 2.98. The molecule has 1 atom stereocenters. The molecule has 144 valence electrons. The molecule has 0 bridgehead atoms. The molecule has 0 saturated carbocycles. The van der Waals surface area contributed by atoms with E-state index < -0.39 is 11.9 Å². The smallest absolute Gasteiger partial charge is 0.433 e. The van der Waals surface area contributed by atoms with Crippen LogP contribution in [0.2, 0.25) is 0 Å². The van der Waals surface area contributed by atoms with Crippen LogP contribution in [-0.2, 0) is 6.18 Å². The van der Waals surface area contributed by atoms with Crippen LogP contribution in [0.25, 0.3) is 0 Å². The number of rotatable bonds is 3. The highest BCUT2D eigenvalue weighted by molar-refractivity contribution is 5.94. The second kappa shape index (κ2) is 7.50. The molecule has 3 heterocycles. The maximum absolute atomic E-state index is 12.6. The molecular weight excluding hydrogens is 361 g/mol. The lowest BCUT2D eigenvalue weighted by Gasteiger charge is -2.32. The SMILES string of the molecule is Cc1cc(C)nc(OC2CCCN(C(=O)c3ccc(C(F)(F)F)nc3)C2)n1. The van der Waals surface area contributed by atoms with Crippen LogP contribution >= 0.6 is 0 Å². The van der Waals surface area contributed by atoms with E-state index >= 15 is 0 Å². The third-order valence-electron chi connectivity index (χ3n) is 4.20. The zero-order chi connectivity index (χ0) is 19.6. The molecule has 0 spiro atoms. The first-order valence-electron chi connectivity index (χ1n) is 8.54. The maximum Gasteiger partial charge on any atom is 0.433 e. The third-order valence-corrected chi connectivity index (χ3v) is 4.20. The van der Waals surface area contributed by atoms with Gasteiger partial charge in [0.15, 0.2) is 0 Å². The van der Waals surface area contributed by atoms with Crippen LogP contribution in [0.3, 0.4) is 0 Å². The highest BCUT2D eigenvalue weighted by Gasteiger charge is 2.33. The number of ether oxygens (including phenoxy) is 1. The van der Waals surface area contributed by atoms with Crippen LogP contribution in [-0.4, -0.2) is 45.0 Å². The summed E-state index contributed by atoms with van der Waals surface area (Å²) in [4.78, 5) is 26.0. The van der Waals surface area contributed by atoms with Gasteiger partial charge in [-0.25, -0.2) is 9.97 Å². The van der Waals surface area contributed by atoms with Crippen molar-refractivity contribution in [2.75, 3.05) is 13.1 Å². The minimum absolute atomic E-state index is 0.117. The molecule has 9 heteroatoms. The number of carbonyl (C=O) groups is 1. The summed E-state index contributed by atoms with van der Waals surface area (Å²) in [6, 6.07) is 4.06. The summed E-state index contributed by atoms with van der Waals surface area (Å²) >= 11 is 0. The number of pyridine rings is 1. The molecular formula is C18H19F3N4O2. The van der Waals surface area contributed by atoms with Crippen molar-refractivity contribution in [3.8, 4) is 6.01 Å². The molecule has 0 N–H and O–H groups in total. The number of aromatic nitrogens is 3. The summed E-state index contributed by atoms with van der Waals surface area (Å²) in [5, 5.41) is 0. The normalized spacial score (nSPS) is 17.7. The number of amides is 1. The molecule has 6 nitrogen and oxygen atoms in total. The number of carbonyl (C=O) groups excluding carboxylic acids is 1. The van der Waals surface area contributed by atoms with E-state index in [4.69, 9.17) is 4.74 Å². The minimum Gasteiger partial charge on any atom is -0.458 e. The summed E-state index contributed by atoms with van der Waals surface area (Å²) < 4.78 is 43.6. The van der Waals surface area contributed by atoms with Crippen LogP contribution in [0, 0.1) is 13.8 Å². The van der Waals surface area contributed by atoms with E-state index in [1.807, 2.05) is 19.9 Å². The average molecular weight is 380 g/mol. The van der Waals surface area contributed by atoms with Crippen LogP contribution in [0.5, 0.6) is 6.01 Å². The van der Waals surface area contributed by atoms with E-state index in [1.54, 1.807) is 4.90 Å². The van der Waals surface area contributed by atoms with E-state index in [9.17, 15) is 18.0 Å². The Morgan fingerprint density at radius 2 is 1.93 bits per heavy atom. The van der Waals surface area contributed by atoms with Crippen molar-refractivity contribution in [3.63, 3.8) is 0 Å². The lowest BCUT2D eigenvalue weighted by molar-refractivity contribution is -0.141. The lowest BCUT2D eigenvalue weighted by Crippen LogP contribution is -2.44. The van der Waals surface area contributed by atoms with Gasteiger partial charge in [-0.05, 0) is 44.9 Å². The van der Waals surface area contributed by atoms with E-state index in [0.717, 1.165) is 42.6 Å². The number of piperidine rings is 1. The third kappa shape index (κ3) is 4.72. The van der Waals surface area contributed by atoms with Crippen molar-refractivity contribution < 1.29 is 22.7 Å². The predicted octanol–water partition coefficient (Wildman–Crippen LogP) is 3.19. The number of nitrogens with zero attached hydrogens (tertiary/aromatic N) is 4.